The van der Waals surface area contributed by atoms with Crippen molar-refractivity contribution < 1.29 is 14.3 Å². The average molecular weight is 230 g/mol. The van der Waals surface area contributed by atoms with Gasteiger partial charge >= 0.3 is 5.97 Å². The fraction of sp³-hybridized carbons (Fsp3) is 0.300. The molecule has 0 spiro atoms. The molecule has 0 aromatic heterocycles. The van der Waals surface area contributed by atoms with Crippen LogP contribution in [-0.4, -0.2) is 20.2 Å². The first-order chi connectivity index (χ1) is 7.10. The molecule has 0 heterocycles. The van der Waals surface area contributed by atoms with E-state index in [2.05, 4.69) is 4.74 Å². The van der Waals surface area contributed by atoms with Crippen LogP contribution in [0, 0.1) is 0 Å². The van der Waals surface area contributed by atoms with Gasteiger partial charge in [-0.2, -0.15) is 0 Å². The van der Waals surface area contributed by atoms with Gasteiger partial charge in [0.05, 0.1) is 19.2 Å². The zero-order chi connectivity index (χ0) is 11.4. The van der Waals surface area contributed by atoms with Crippen LogP contribution in [0.2, 0.25) is 5.02 Å². The molecule has 0 saturated carbocycles. The monoisotopic (exact) mass is 229 g/mol. The molecule has 15 heavy (non-hydrogen) atoms. The Hall–Kier alpha value is -1.26. The second kappa shape index (κ2) is 5.00. The summed E-state index contributed by atoms with van der Waals surface area (Å²) < 4.78 is 9.54. The number of hydrogen-bond donors (Lipinski definition) is 1. The zero-order valence-corrected chi connectivity index (χ0v) is 9.25. The SMILES string of the molecule is COC(=O)[C@H](N)c1ccc(Cl)c(OC)c1. The van der Waals surface area contributed by atoms with Gasteiger partial charge in [0.15, 0.2) is 0 Å². The van der Waals surface area contributed by atoms with Crippen molar-refractivity contribution in [2.45, 2.75) is 6.04 Å². The molecule has 0 amide bonds. The highest BCUT2D eigenvalue weighted by molar-refractivity contribution is 6.32. The van der Waals surface area contributed by atoms with Gasteiger partial charge in [-0.05, 0) is 17.7 Å². The van der Waals surface area contributed by atoms with Crippen molar-refractivity contribution >= 4 is 17.6 Å². The first-order valence-corrected chi connectivity index (χ1v) is 4.64. The summed E-state index contributed by atoms with van der Waals surface area (Å²) in [5.41, 5.74) is 6.25. The van der Waals surface area contributed by atoms with E-state index in [9.17, 15) is 4.79 Å². The van der Waals surface area contributed by atoms with Crippen LogP contribution in [0.15, 0.2) is 18.2 Å². The predicted octanol–water partition coefficient (Wildman–Crippen LogP) is 1.52. The van der Waals surface area contributed by atoms with Crippen LogP contribution in [-0.2, 0) is 9.53 Å². The summed E-state index contributed by atoms with van der Waals surface area (Å²) in [6.07, 6.45) is 0. The Morgan fingerprint density at radius 2 is 2.13 bits per heavy atom. The van der Waals surface area contributed by atoms with Crippen molar-refractivity contribution in [3.63, 3.8) is 0 Å². The molecule has 1 atom stereocenters. The van der Waals surface area contributed by atoms with Crippen LogP contribution in [0.5, 0.6) is 5.75 Å². The highest BCUT2D eigenvalue weighted by atomic mass is 35.5. The highest BCUT2D eigenvalue weighted by Gasteiger charge is 2.17. The lowest BCUT2D eigenvalue weighted by Crippen LogP contribution is -2.22. The second-order valence-corrected chi connectivity index (χ2v) is 3.30. The number of esters is 1. The molecule has 0 fully saturated rings. The molecular weight excluding hydrogens is 218 g/mol. The van der Waals surface area contributed by atoms with Crippen molar-refractivity contribution in [1.29, 1.82) is 0 Å². The van der Waals surface area contributed by atoms with Crippen LogP contribution < -0.4 is 10.5 Å². The number of carbonyl (C=O) groups excluding carboxylic acids is 1. The molecule has 2 N–H and O–H groups in total. The van der Waals surface area contributed by atoms with Crippen LogP contribution in [0.3, 0.4) is 0 Å². The highest BCUT2D eigenvalue weighted by Crippen LogP contribution is 2.27. The fourth-order valence-electron chi connectivity index (χ4n) is 1.13. The van der Waals surface area contributed by atoms with E-state index >= 15 is 0 Å². The van der Waals surface area contributed by atoms with Crippen LogP contribution in [0.1, 0.15) is 11.6 Å². The molecule has 0 bridgehead atoms. The van der Waals surface area contributed by atoms with Gasteiger partial charge in [-0.1, -0.05) is 17.7 Å². The molecule has 1 rings (SSSR count). The number of rotatable bonds is 3. The molecule has 0 radical (unpaired) electrons. The maximum absolute atomic E-state index is 11.2. The minimum atomic E-state index is -0.818. The Morgan fingerprint density at radius 3 is 2.67 bits per heavy atom. The van der Waals surface area contributed by atoms with E-state index in [0.717, 1.165) is 0 Å². The van der Waals surface area contributed by atoms with Gasteiger partial charge < -0.3 is 15.2 Å². The molecule has 0 aliphatic heterocycles. The lowest BCUT2D eigenvalue weighted by atomic mass is 10.1. The quantitative estimate of drug-likeness (QED) is 0.799. The van der Waals surface area contributed by atoms with Crippen molar-refractivity contribution in [3.05, 3.63) is 28.8 Å². The van der Waals surface area contributed by atoms with Gasteiger partial charge in [-0.15, -0.1) is 0 Å². The van der Waals surface area contributed by atoms with Gasteiger partial charge in [0.2, 0.25) is 0 Å². The third kappa shape index (κ3) is 2.61. The maximum atomic E-state index is 11.2. The van der Waals surface area contributed by atoms with Gasteiger partial charge in [-0.3, -0.25) is 4.79 Å². The largest absolute Gasteiger partial charge is 0.495 e. The first-order valence-electron chi connectivity index (χ1n) is 4.27. The van der Waals surface area contributed by atoms with E-state index in [1.54, 1.807) is 18.2 Å². The van der Waals surface area contributed by atoms with Gasteiger partial charge in [0, 0.05) is 0 Å². The summed E-state index contributed by atoms with van der Waals surface area (Å²) in [7, 11) is 2.78. The van der Waals surface area contributed by atoms with Crippen molar-refractivity contribution in [3.8, 4) is 5.75 Å². The molecule has 5 heteroatoms. The van der Waals surface area contributed by atoms with E-state index < -0.39 is 12.0 Å². The Bertz CT molecular complexity index is 368. The molecule has 0 aliphatic carbocycles. The van der Waals surface area contributed by atoms with Crippen LogP contribution >= 0.6 is 11.6 Å². The maximum Gasteiger partial charge on any atom is 0.327 e. The summed E-state index contributed by atoms with van der Waals surface area (Å²) in [6.45, 7) is 0. The number of ether oxygens (including phenoxy) is 2. The number of benzene rings is 1. The standard InChI is InChI=1S/C10H12ClNO3/c1-14-8-5-6(3-4-7(8)11)9(12)10(13)15-2/h3-5,9H,12H2,1-2H3/t9-/m1/s1. The van der Waals surface area contributed by atoms with Gasteiger partial charge in [0.25, 0.3) is 0 Å². The Morgan fingerprint density at radius 1 is 1.47 bits per heavy atom. The topological polar surface area (TPSA) is 61.5 Å². The minimum Gasteiger partial charge on any atom is -0.495 e. The van der Waals surface area contributed by atoms with E-state index in [1.165, 1.54) is 14.2 Å². The Balaban J connectivity index is 3.00. The summed E-state index contributed by atoms with van der Waals surface area (Å²) in [5, 5.41) is 0.471. The Kier molecular flexibility index (Phi) is 3.94. The van der Waals surface area contributed by atoms with E-state index in [-0.39, 0.29) is 0 Å². The predicted molar refractivity (Wildman–Crippen MR) is 56.9 cm³/mol. The summed E-state index contributed by atoms with van der Waals surface area (Å²) >= 11 is 5.83. The third-order valence-corrected chi connectivity index (χ3v) is 2.30. The molecule has 0 aliphatic rings. The summed E-state index contributed by atoms with van der Waals surface area (Å²) in [4.78, 5) is 11.2. The lowest BCUT2D eigenvalue weighted by Gasteiger charge is -2.11. The minimum absolute atomic E-state index is 0.471. The normalized spacial score (nSPS) is 12.0. The number of carbonyl (C=O) groups is 1. The number of halogens is 1. The molecule has 1 aromatic carbocycles. The average Bonchev–Trinajstić information content (AvgIpc) is 2.27. The molecule has 0 saturated heterocycles. The third-order valence-electron chi connectivity index (χ3n) is 1.99. The molecule has 82 valence electrons. The van der Waals surface area contributed by atoms with Gasteiger partial charge in [-0.25, -0.2) is 0 Å². The second-order valence-electron chi connectivity index (χ2n) is 2.89. The van der Waals surface area contributed by atoms with Gasteiger partial charge in [0.1, 0.15) is 11.8 Å². The van der Waals surface area contributed by atoms with Crippen LogP contribution in [0.25, 0.3) is 0 Å². The molecular formula is C10H12ClNO3. The molecule has 0 unspecified atom stereocenters. The fourth-order valence-corrected chi connectivity index (χ4v) is 1.33. The summed E-state index contributed by atoms with van der Waals surface area (Å²) in [6, 6.07) is 4.08. The number of nitrogens with two attached hydrogens (primary N) is 1. The molecule has 1 aromatic rings. The number of hydrogen-bond acceptors (Lipinski definition) is 4. The van der Waals surface area contributed by atoms with Crippen LogP contribution in [0.4, 0.5) is 0 Å². The van der Waals surface area contributed by atoms with Crippen molar-refractivity contribution in [2.75, 3.05) is 14.2 Å². The van der Waals surface area contributed by atoms with E-state index in [0.29, 0.717) is 16.3 Å². The van der Waals surface area contributed by atoms with Crippen molar-refractivity contribution in [1.82, 2.24) is 0 Å². The van der Waals surface area contributed by atoms with Crippen molar-refractivity contribution in [2.24, 2.45) is 5.73 Å². The Labute approximate surface area is 92.9 Å². The zero-order valence-electron chi connectivity index (χ0n) is 8.49. The smallest absolute Gasteiger partial charge is 0.327 e. The number of methoxy groups -OCH3 is 2. The molecule has 4 nitrogen and oxygen atoms in total. The van der Waals surface area contributed by atoms with E-state index in [4.69, 9.17) is 22.1 Å². The summed E-state index contributed by atoms with van der Waals surface area (Å²) in [5.74, 6) is -0.0205. The lowest BCUT2D eigenvalue weighted by molar-refractivity contribution is -0.142. The first kappa shape index (κ1) is 11.8. The van der Waals surface area contributed by atoms with E-state index in [1.807, 2.05) is 0 Å².